The van der Waals surface area contributed by atoms with Crippen molar-refractivity contribution in [2.24, 2.45) is 5.92 Å². The molecule has 168 valence electrons. The fourth-order valence-corrected chi connectivity index (χ4v) is 4.80. The van der Waals surface area contributed by atoms with E-state index >= 15 is 0 Å². The van der Waals surface area contributed by atoms with Crippen LogP contribution >= 0.6 is 0 Å². The Morgan fingerprint density at radius 3 is 1.61 bits per heavy atom. The largest absolute Gasteiger partial charge is 0.525 e. The summed E-state index contributed by atoms with van der Waals surface area (Å²) in [6.07, 6.45) is 25.0. The summed E-state index contributed by atoms with van der Waals surface area (Å²) >= 11 is 0. The van der Waals surface area contributed by atoms with Crippen LogP contribution in [0.25, 0.3) is 0 Å². The minimum absolute atomic E-state index is 0.0723. The van der Waals surface area contributed by atoms with E-state index in [9.17, 15) is 4.79 Å². The Hall–Kier alpha value is -0.313. The number of unbranched alkanes of at least 4 members (excludes halogenated alkanes) is 15. The van der Waals surface area contributed by atoms with Gasteiger partial charge in [0.05, 0.1) is 0 Å². The van der Waals surface area contributed by atoms with Gasteiger partial charge in [-0.2, -0.15) is 0 Å². The highest BCUT2D eigenvalue weighted by atomic mass is 28.2. The van der Waals surface area contributed by atoms with Gasteiger partial charge in [0.25, 0.3) is 5.97 Å². The molecule has 0 aliphatic heterocycles. The fraction of sp³-hybridized carbons (Fsp3) is 0.960. The van der Waals surface area contributed by atoms with Crippen molar-refractivity contribution in [2.45, 2.75) is 149 Å². The molecule has 0 heterocycles. The van der Waals surface area contributed by atoms with Gasteiger partial charge in [0.15, 0.2) is 0 Å². The highest BCUT2D eigenvalue weighted by molar-refractivity contribution is 6.30. The third-order valence-electron chi connectivity index (χ3n) is 5.67. The molecule has 0 amide bonds. The molecule has 0 bridgehead atoms. The molecule has 0 unspecified atom stereocenters. The van der Waals surface area contributed by atoms with Crippen molar-refractivity contribution in [3.05, 3.63) is 0 Å². The SMILES string of the molecule is CCCCC[SiH2]OC(=O)CCCCCCCCCCCCCCCCC(C)C. The highest BCUT2D eigenvalue weighted by Crippen LogP contribution is 2.15. The molecule has 0 aromatic heterocycles. The van der Waals surface area contributed by atoms with Gasteiger partial charge in [-0.3, -0.25) is 4.79 Å². The third-order valence-corrected chi connectivity index (χ3v) is 6.99. The van der Waals surface area contributed by atoms with E-state index < -0.39 is 9.76 Å². The maximum atomic E-state index is 11.6. The van der Waals surface area contributed by atoms with Gasteiger partial charge in [-0.15, -0.1) is 0 Å². The maximum Gasteiger partial charge on any atom is 0.292 e. The Morgan fingerprint density at radius 2 is 1.14 bits per heavy atom. The Morgan fingerprint density at radius 1 is 0.679 bits per heavy atom. The highest BCUT2D eigenvalue weighted by Gasteiger charge is 2.02. The van der Waals surface area contributed by atoms with Crippen molar-refractivity contribution < 1.29 is 9.22 Å². The summed E-state index contributed by atoms with van der Waals surface area (Å²) < 4.78 is 5.42. The first kappa shape index (κ1) is 27.7. The third kappa shape index (κ3) is 23.7. The maximum absolute atomic E-state index is 11.6. The summed E-state index contributed by atoms with van der Waals surface area (Å²) in [7, 11) is -0.575. The zero-order valence-corrected chi connectivity index (χ0v) is 21.2. The van der Waals surface area contributed by atoms with Gasteiger partial charge >= 0.3 is 0 Å². The van der Waals surface area contributed by atoms with Crippen LogP contribution in [0.5, 0.6) is 0 Å². The van der Waals surface area contributed by atoms with Crippen molar-refractivity contribution >= 4 is 15.7 Å². The first-order chi connectivity index (χ1) is 13.7. The van der Waals surface area contributed by atoms with Crippen molar-refractivity contribution in [3.8, 4) is 0 Å². The summed E-state index contributed by atoms with van der Waals surface area (Å²) in [4.78, 5) is 11.6. The lowest BCUT2D eigenvalue weighted by Crippen LogP contribution is -2.08. The second kappa shape index (κ2) is 23.0. The molecule has 0 saturated heterocycles. The summed E-state index contributed by atoms with van der Waals surface area (Å²) in [6, 6.07) is 1.16. The molecule has 2 nitrogen and oxygen atoms in total. The van der Waals surface area contributed by atoms with E-state index in [1.54, 1.807) is 0 Å². The molecule has 0 aliphatic carbocycles. The van der Waals surface area contributed by atoms with Gasteiger partial charge in [-0.25, -0.2) is 0 Å². The summed E-state index contributed by atoms with van der Waals surface area (Å²) in [5.41, 5.74) is 0. The Bertz CT molecular complexity index is 318. The fourth-order valence-electron chi connectivity index (χ4n) is 3.73. The van der Waals surface area contributed by atoms with Gasteiger partial charge in [-0.05, 0) is 18.4 Å². The molecule has 0 N–H and O–H groups in total. The molecule has 0 aromatic carbocycles. The Labute approximate surface area is 179 Å². The van der Waals surface area contributed by atoms with Gasteiger partial charge < -0.3 is 4.43 Å². The summed E-state index contributed by atoms with van der Waals surface area (Å²) in [5.74, 6) is 0.950. The lowest BCUT2D eigenvalue weighted by molar-refractivity contribution is -0.134. The van der Waals surface area contributed by atoms with Crippen LogP contribution in [0.4, 0.5) is 0 Å². The standard InChI is InChI=1S/C25H52O2Si/c1-4-5-20-23-28-27-25(26)22-19-17-15-13-11-9-7-6-8-10-12-14-16-18-21-24(2)3/h24H,4-23,28H2,1-3H3. The minimum atomic E-state index is -0.575. The number of carbonyl (C=O) groups is 1. The predicted octanol–water partition coefficient (Wildman–Crippen LogP) is 8.12. The zero-order valence-electron chi connectivity index (χ0n) is 19.7. The molecule has 0 aliphatic rings. The molecule has 0 radical (unpaired) electrons. The van der Waals surface area contributed by atoms with Crippen LogP contribution in [0.15, 0.2) is 0 Å². The van der Waals surface area contributed by atoms with Gasteiger partial charge in [0.1, 0.15) is 0 Å². The number of rotatable bonds is 22. The number of hydrogen-bond acceptors (Lipinski definition) is 2. The second-order valence-corrected chi connectivity index (χ2v) is 10.6. The predicted molar refractivity (Wildman–Crippen MR) is 128 cm³/mol. The molecule has 0 aromatic rings. The topological polar surface area (TPSA) is 26.3 Å². The molecule has 0 saturated carbocycles. The smallest absolute Gasteiger partial charge is 0.292 e. The van der Waals surface area contributed by atoms with E-state index in [1.807, 2.05) is 0 Å². The van der Waals surface area contributed by atoms with E-state index in [0.717, 1.165) is 18.4 Å². The molecule has 3 heteroatoms. The first-order valence-electron chi connectivity index (χ1n) is 12.8. The van der Waals surface area contributed by atoms with Crippen molar-refractivity contribution in [2.75, 3.05) is 0 Å². The Kier molecular flexibility index (Phi) is 22.7. The lowest BCUT2D eigenvalue weighted by Gasteiger charge is -2.05. The van der Waals surface area contributed by atoms with E-state index in [0.29, 0.717) is 6.42 Å². The van der Waals surface area contributed by atoms with E-state index in [4.69, 9.17) is 4.43 Å². The van der Waals surface area contributed by atoms with Crippen LogP contribution in [-0.2, 0) is 9.22 Å². The molecule has 28 heavy (non-hydrogen) atoms. The lowest BCUT2D eigenvalue weighted by atomic mass is 10.0. The monoisotopic (exact) mass is 412 g/mol. The van der Waals surface area contributed by atoms with E-state index in [2.05, 4.69) is 20.8 Å². The van der Waals surface area contributed by atoms with Crippen molar-refractivity contribution in [3.63, 3.8) is 0 Å². The molecular formula is C25H52O2Si. The molecule has 0 fully saturated rings. The second-order valence-electron chi connectivity index (χ2n) is 9.16. The van der Waals surface area contributed by atoms with Gasteiger partial charge in [-0.1, -0.05) is 130 Å². The average molecular weight is 413 g/mol. The molecular weight excluding hydrogens is 360 g/mol. The summed E-state index contributed by atoms with van der Waals surface area (Å²) in [6.45, 7) is 6.87. The number of carbonyl (C=O) groups excluding carboxylic acids is 1. The quantitative estimate of drug-likeness (QED) is 0.132. The van der Waals surface area contributed by atoms with Crippen LogP contribution in [0, 0.1) is 5.92 Å². The summed E-state index contributed by atoms with van der Waals surface area (Å²) in [5, 5.41) is 0. The Balaban J connectivity index is 3.11. The van der Waals surface area contributed by atoms with Crippen LogP contribution in [0.1, 0.15) is 143 Å². The van der Waals surface area contributed by atoms with Crippen LogP contribution in [0.2, 0.25) is 6.04 Å². The van der Waals surface area contributed by atoms with Gasteiger partial charge in [0.2, 0.25) is 9.76 Å². The normalized spacial score (nSPS) is 11.7. The zero-order chi connectivity index (χ0) is 20.7. The molecule has 0 spiro atoms. The molecule has 0 atom stereocenters. The van der Waals surface area contributed by atoms with E-state index in [1.165, 1.54) is 109 Å². The number of hydrogen-bond donors (Lipinski definition) is 0. The van der Waals surface area contributed by atoms with Crippen LogP contribution in [0.3, 0.4) is 0 Å². The average Bonchev–Trinajstić information content (AvgIpc) is 2.67. The minimum Gasteiger partial charge on any atom is -0.525 e. The van der Waals surface area contributed by atoms with E-state index in [-0.39, 0.29) is 5.97 Å². The van der Waals surface area contributed by atoms with Crippen LogP contribution < -0.4 is 0 Å². The van der Waals surface area contributed by atoms with Crippen LogP contribution in [-0.4, -0.2) is 15.7 Å². The molecule has 0 rings (SSSR count). The van der Waals surface area contributed by atoms with Gasteiger partial charge in [0, 0.05) is 6.42 Å². The van der Waals surface area contributed by atoms with Crippen molar-refractivity contribution in [1.82, 2.24) is 0 Å². The first-order valence-corrected chi connectivity index (χ1v) is 14.4. The van der Waals surface area contributed by atoms with Crippen molar-refractivity contribution in [1.29, 1.82) is 0 Å².